The van der Waals surface area contributed by atoms with Gasteiger partial charge >= 0.3 is 0 Å². The highest BCUT2D eigenvalue weighted by Crippen LogP contribution is 2.42. The molecular formula is C21H17N5S. The lowest BCUT2D eigenvalue weighted by Gasteiger charge is -2.08. The molecule has 2 aromatic heterocycles. The summed E-state index contributed by atoms with van der Waals surface area (Å²) in [7, 11) is 0. The highest BCUT2D eigenvalue weighted by atomic mass is 32.2. The molecule has 2 aromatic carbocycles. The van der Waals surface area contributed by atoms with Gasteiger partial charge in [0.05, 0.1) is 11.6 Å². The summed E-state index contributed by atoms with van der Waals surface area (Å²) in [5.41, 5.74) is 4.03. The lowest BCUT2D eigenvalue weighted by Crippen LogP contribution is -1.99. The molecule has 5 rings (SSSR count). The third kappa shape index (κ3) is 3.00. The van der Waals surface area contributed by atoms with Crippen molar-refractivity contribution in [1.82, 2.24) is 19.7 Å². The van der Waals surface area contributed by atoms with Crippen molar-refractivity contribution in [2.24, 2.45) is 0 Å². The van der Waals surface area contributed by atoms with E-state index in [1.807, 2.05) is 36.5 Å². The number of aromatic amines is 1. The standard InChI is InChI=1S/C21H17N5S/c22-11-14-4-3-5-15(10-14)13-27-21-25-24-20(26(21)16-8-9-16)18-12-23-19-7-2-1-6-17(18)19/h1-7,10,12,16,23H,8-9,13H2. The first kappa shape index (κ1) is 16.2. The van der Waals surface area contributed by atoms with Gasteiger partial charge in [0.15, 0.2) is 11.0 Å². The average Bonchev–Trinajstić information content (AvgIpc) is 3.32. The maximum Gasteiger partial charge on any atom is 0.192 e. The minimum atomic E-state index is 0.483. The molecule has 132 valence electrons. The molecule has 2 heterocycles. The Hall–Kier alpha value is -3.04. The van der Waals surface area contributed by atoms with Crippen molar-refractivity contribution < 1.29 is 0 Å². The molecule has 6 heteroatoms. The van der Waals surface area contributed by atoms with Crippen molar-refractivity contribution in [1.29, 1.82) is 5.26 Å². The van der Waals surface area contributed by atoms with E-state index < -0.39 is 0 Å². The molecular weight excluding hydrogens is 354 g/mol. The second kappa shape index (κ2) is 6.60. The van der Waals surface area contributed by atoms with Crippen LogP contribution in [0.5, 0.6) is 0 Å². The third-order valence-electron chi connectivity index (χ3n) is 4.83. The highest BCUT2D eigenvalue weighted by molar-refractivity contribution is 7.98. The zero-order valence-electron chi connectivity index (χ0n) is 14.6. The fourth-order valence-electron chi connectivity index (χ4n) is 3.36. The molecule has 0 amide bonds. The summed E-state index contributed by atoms with van der Waals surface area (Å²) in [5.74, 6) is 1.71. The van der Waals surface area contributed by atoms with Gasteiger partial charge in [0, 0.05) is 34.5 Å². The van der Waals surface area contributed by atoms with Crippen molar-refractivity contribution in [3.05, 3.63) is 65.9 Å². The number of thioether (sulfide) groups is 1. The van der Waals surface area contributed by atoms with E-state index in [2.05, 4.69) is 44.0 Å². The van der Waals surface area contributed by atoms with Crippen LogP contribution in [-0.4, -0.2) is 19.7 Å². The summed E-state index contributed by atoms with van der Waals surface area (Å²) < 4.78 is 2.29. The van der Waals surface area contributed by atoms with Gasteiger partial charge in [0.1, 0.15) is 0 Å². The molecule has 0 bridgehead atoms. The molecule has 0 aliphatic heterocycles. The molecule has 0 spiro atoms. The van der Waals surface area contributed by atoms with Gasteiger partial charge in [-0.1, -0.05) is 42.1 Å². The van der Waals surface area contributed by atoms with E-state index in [4.69, 9.17) is 5.26 Å². The molecule has 1 aliphatic carbocycles. The van der Waals surface area contributed by atoms with Crippen LogP contribution >= 0.6 is 11.8 Å². The van der Waals surface area contributed by atoms with E-state index in [0.29, 0.717) is 11.6 Å². The molecule has 27 heavy (non-hydrogen) atoms. The van der Waals surface area contributed by atoms with E-state index >= 15 is 0 Å². The van der Waals surface area contributed by atoms with E-state index in [-0.39, 0.29) is 0 Å². The van der Waals surface area contributed by atoms with E-state index in [1.54, 1.807) is 11.8 Å². The van der Waals surface area contributed by atoms with E-state index in [1.165, 1.54) is 18.2 Å². The fourth-order valence-corrected chi connectivity index (χ4v) is 4.30. The number of para-hydroxylation sites is 1. The van der Waals surface area contributed by atoms with Gasteiger partial charge in [-0.3, -0.25) is 4.57 Å². The second-order valence-electron chi connectivity index (χ2n) is 6.76. The minimum Gasteiger partial charge on any atom is -0.360 e. The Kier molecular flexibility index (Phi) is 3.95. The summed E-state index contributed by atoms with van der Waals surface area (Å²) >= 11 is 1.68. The topological polar surface area (TPSA) is 70.3 Å². The predicted molar refractivity (Wildman–Crippen MR) is 106 cm³/mol. The number of nitriles is 1. The van der Waals surface area contributed by atoms with Crippen molar-refractivity contribution in [3.8, 4) is 17.5 Å². The van der Waals surface area contributed by atoms with Gasteiger partial charge in [-0.2, -0.15) is 5.26 Å². The van der Waals surface area contributed by atoms with Crippen molar-refractivity contribution in [2.45, 2.75) is 29.8 Å². The molecule has 0 atom stereocenters. The normalized spacial score (nSPS) is 13.7. The lowest BCUT2D eigenvalue weighted by molar-refractivity contribution is 0.669. The summed E-state index contributed by atoms with van der Waals surface area (Å²) in [6, 6.07) is 18.7. The van der Waals surface area contributed by atoms with Crippen molar-refractivity contribution >= 4 is 22.7 Å². The predicted octanol–water partition coefficient (Wildman–Crippen LogP) is 4.93. The first-order valence-corrected chi connectivity index (χ1v) is 9.95. The maximum absolute atomic E-state index is 9.08. The van der Waals surface area contributed by atoms with Gasteiger partial charge in [0.2, 0.25) is 0 Å². The Morgan fingerprint density at radius 1 is 1.15 bits per heavy atom. The number of H-pyrrole nitrogens is 1. The van der Waals surface area contributed by atoms with Crippen LogP contribution in [0.15, 0.2) is 59.9 Å². The zero-order chi connectivity index (χ0) is 18.2. The minimum absolute atomic E-state index is 0.483. The highest BCUT2D eigenvalue weighted by Gasteiger charge is 2.30. The quantitative estimate of drug-likeness (QED) is 0.505. The van der Waals surface area contributed by atoms with Crippen LogP contribution in [0.25, 0.3) is 22.3 Å². The van der Waals surface area contributed by atoms with Crippen LogP contribution in [0.1, 0.15) is 30.0 Å². The molecule has 1 saturated carbocycles. The molecule has 1 fully saturated rings. The first-order valence-electron chi connectivity index (χ1n) is 8.97. The number of aromatic nitrogens is 4. The number of nitrogens with one attached hydrogen (secondary N) is 1. The SMILES string of the molecule is N#Cc1cccc(CSc2nnc(-c3c[nH]c4ccccc34)n2C2CC2)c1. The zero-order valence-corrected chi connectivity index (χ0v) is 15.4. The number of hydrogen-bond donors (Lipinski definition) is 1. The van der Waals surface area contributed by atoms with Crippen LogP contribution in [0.3, 0.4) is 0 Å². The Morgan fingerprint density at radius 2 is 2.04 bits per heavy atom. The van der Waals surface area contributed by atoms with Crippen molar-refractivity contribution in [2.75, 3.05) is 0 Å². The van der Waals surface area contributed by atoms with Crippen LogP contribution < -0.4 is 0 Å². The maximum atomic E-state index is 9.08. The average molecular weight is 371 g/mol. The van der Waals surface area contributed by atoms with Crippen LogP contribution in [0, 0.1) is 11.3 Å². The second-order valence-corrected chi connectivity index (χ2v) is 7.70. The number of benzene rings is 2. The summed E-state index contributed by atoms with van der Waals surface area (Å²) in [6.07, 6.45) is 4.37. The van der Waals surface area contributed by atoms with Gasteiger partial charge < -0.3 is 4.98 Å². The largest absolute Gasteiger partial charge is 0.360 e. The number of hydrogen-bond acceptors (Lipinski definition) is 4. The van der Waals surface area contributed by atoms with Gasteiger partial charge in [-0.15, -0.1) is 10.2 Å². The Bertz CT molecular complexity index is 1160. The molecule has 0 unspecified atom stereocenters. The van der Waals surface area contributed by atoms with Gasteiger partial charge in [-0.25, -0.2) is 0 Å². The molecule has 0 radical (unpaired) electrons. The van der Waals surface area contributed by atoms with Gasteiger partial charge in [-0.05, 0) is 36.6 Å². The van der Waals surface area contributed by atoms with E-state index in [9.17, 15) is 0 Å². The molecule has 1 N–H and O–H groups in total. The number of nitrogens with zero attached hydrogens (tertiary/aromatic N) is 4. The van der Waals surface area contributed by atoms with Crippen LogP contribution in [-0.2, 0) is 5.75 Å². The Labute approximate surface area is 161 Å². The van der Waals surface area contributed by atoms with E-state index in [0.717, 1.165) is 33.4 Å². The monoisotopic (exact) mass is 371 g/mol. The summed E-state index contributed by atoms with van der Waals surface area (Å²) in [4.78, 5) is 3.33. The van der Waals surface area contributed by atoms with Crippen molar-refractivity contribution in [3.63, 3.8) is 0 Å². The summed E-state index contributed by atoms with van der Waals surface area (Å²) in [5, 5.41) is 20.2. The Balaban J connectivity index is 1.49. The summed E-state index contributed by atoms with van der Waals surface area (Å²) in [6.45, 7) is 0. The fraction of sp³-hybridized carbons (Fsp3) is 0.190. The van der Waals surface area contributed by atoms with Crippen LogP contribution in [0.2, 0.25) is 0 Å². The smallest absolute Gasteiger partial charge is 0.192 e. The number of fused-ring (bicyclic) bond motifs is 1. The molecule has 5 nitrogen and oxygen atoms in total. The molecule has 1 aliphatic rings. The first-order chi connectivity index (χ1) is 13.3. The number of rotatable bonds is 5. The lowest BCUT2D eigenvalue weighted by atomic mass is 10.1. The van der Waals surface area contributed by atoms with Gasteiger partial charge in [0.25, 0.3) is 0 Å². The van der Waals surface area contributed by atoms with Crippen LogP contribution in [0.4, 0.5) is 0 Å². The molecule has 4 aromatic rings. The Morgan fingerprint density at radius 3 is 2.89 bits per heavy atom. The third-order valence-corrected chi connectivity index (χ3v) is 5.84. The molecule has 0 saturated heterocycles.